The normalized spacial score (nSPS) is 21.5. The van der Waals surface area contributed by atoms with Crippen LogP contribution in [0.5, 0.6) is 5.88 Å². The van der Waals surface area contributed by atoms with Gasteiger partial charge in [0.05, 0.1) is 18.8 Å². The second-order valence-corrected chi connectivity index (χ2v) is 10.3. The summed E-state index contributed by atoms with van der Waals surface area (Å²) in [7, 11) is 0. The summed E-state index contributed by atoms with van der Waals surface area (Å²) < 4.78 is 11.8. The molecule has 0 radical (unpaired) electrons. The fourth-order valence-electron chi connectivity index (χ4n) is 4.51. The van der Waals surface area contributed by atoms with Crippen LogP contribution < -0.4 is 15.4 Å². The zero-order valence-electron chi connectivity index (χ0n) is 19.7. The molecule has 1 aromatic rings. The van der Waals surface area contributed by atoms with Crippen molar-refractivity contribution in [3.8, 4) is 5.88 Å². The number of ether oxygens (including phenoxy) is 2. The van der Waals surface area contributed by atoms with Gasteiger partial charge >= 0.3 is 0 Å². The van der Waals surface area contributed by atoms with Crippen molar-refractivity contribution in [3.63, 3.8) is 0 Å². The molecular formula is C24H39N3O4. The monoisotopic (exact) mass is 433 g/mol. The number of hydrogen-bond acceptors (Lipinski definition) is 6. The lowest BCUT2D eigenvalue weighted by Crippen LogP contribution is -2.52. The smallest absolute Gasteiger partial charge is 0.218 e. The highest BCUT2D eigenvalue weighted by Gasteiger charge is 2.46. The molecule has 2 heterocycles. The first-order valence-corrected chi connectivity index (χ1v) is 11.5. The van der Waals surface area contributed by atoms with Gasteiger partial charge < -0.3 is 25.2 Å². The average Bonchev–Trinajstić information content (AvgIpc) is 2.66. The minimum absolute atomic E-state index is 0.0520. The number of rotatable bonds is 9. The summed E-state index contributed by atoms with van der Waals surface area (Å²) in [5.74, 6) is 0.535. The molecule has 7 heteroatoms. The predicted molar refractivity (Wildman–Crippen MR) is 120 cm³/mol. The molecule has 1 saturated carbocycles. The molecule has 0 saturated heterocycles. The van der Waals surface area contributed by atoms with Gasteiger partial charge in [0.15, 0.2) is 0 Å². The Hall–Kier alpha value is -1.70. The van der Waals surface area contributed by atoms with Gasteiger partial charge in [0, 0.05) is 44.3 Å². The lowest BCUT2D eigenvalue weighted by atomic mass is 9.73. The van der Waals surface area contributed by atoms with E-state index in [2.05, 4.69) is 42.5 Å². The van der Waals surface area contributed by atoms with E-state index in [-0.39, 0.29) is 29.6 Å². The summed E-state index contributed by atoms with van der Waals surface area (Å²) in [5.41, 5.74) is 2.29. The Bertz CT molecular complexity index is 758. The fourth-order valence-corrected chi connectivity index (χ4v) is 4.51. The number of aliphatic hydroxyl groups is 1. The molecule has 0 bridgehead atoms. The number of aliphatic hydroxyl groups excluding tert-OH is 1. The number of nitrogens with one attached hydrogen (secondary N) is 2. The Morgan fingerprint density at radius 1 is 1.42 bits per heavy atom. The topological polar surface area (TPSA) is 92.7 Å². The Morgan fingerprint density at radius 3 is 2.74 bits per heavy atom. The number of pyridine rings is 1. The van der Waals surface area contributed by atoms with Gasteiger partial charge in [-0.05, 0) is 49.7 Å². The number of carbonyl (C=O) groups excluding carboxylic acids is 1. The largest absolute Gasteiger partial charge is 0.471 e. The van der Waals surface area contributed by atoms with Crippen molar-refractivity contribution in [2.75, 3.05) is 19.8 Å². The highest BCUT2D eigenvalue weighted by Crippen LogP contribution is 2.48. The van der Waals surface area contributed by atoms with E-state index >= 15 is 0 Å². The summed E-state index contributed by atoms with van der Waals surface area (Å²) in [6.45, 7) is 11.2. The first-order chi connectivity index (χ1) is 14.6. The van der Waals surface area contributed by atoms with Crippen molar-refractivity contribution in [1.29, 1.82) is 0 Å². The molecule has 3 atom stereocenters. The van der Waals surface area contributed by atoms with Gasteiger partial charge in [-0.15, -0.1) is 0 Å². The van der Waals surface area contributed by atoms with E-state index in [1.54, 1.807) is 0 Å². The van der Waals surface area contributed by atoms with Crippen LogP contribution in [0.15, 0.2) is 12.3 Å². The molecule has 3 rings (SSSR count). The molecule has 1 aromatic heterocycles. The maximum absolute atomic E-state index is 11.6. The third kappa shape index (κ3) is 6.40. The molecule has 0 unspecified atom stereocenters. The minimum atomic E-state index is -0.759. The molecular weight excluding hydrogens is 394 g/mol. The highest BCUT2D eigenvalue weighted by atomic mass is 16.5. The molecule has 1 amide bonds. The molecule has 7 nitrogen and oxygen atoms in total. The van der Waals surface area contributed by atoms with Gasteiger partial charge in [0.2, 0.25) is 11.8 Å². The predicted octanol–water partition coefficient (Wildman–Crippen LogP) is 2.91. The molecule has 31 heavy (non-hydrogen) atoms. The van der Waals surface area contributed by atoms with Gasteiger partial charge in [0.1, 0.15) is 5.60 Å². The molecule has 1 aliphatic carbocycles. The second-order valence-electron chi connectivity index (χ2n) is 10.3. The zero-order chi connectivity index (χ0) is 22.6. The van der Waals surface area contributed by atoms with Crippen molar-refractivity contribution in [2.45, 2.75) is 90.5 Å². The van der Waals surface area contributed by atoms with Crippen LogP contribution in [0.4, 0.5) is 0 Å². The fraction of sp³-hybridized carbons (Fsp3) is 0.750. The number of aromatic nitrogens is 1. The Morgan fingerprint density at radius 2 is 2.16 bits per heavy atom. The maximum atomic E-state index is 11.6. The third-order valence-electron chi connectivity index (χ3n) is 6.13. The SMILES string of the molecule is CCOC[C@H](NC(C)=O)[C@H](O)CN[C@H]1CC2(CCC2)Oc2ncc(CC(C)(C)C)cc21. The lowest BCUT2D eigenvalue weighted by molar-refractivity contribution is -0.121. The van der Waals surface area contributed by atoms with Crippen LogP contribution in [-0.2, 0) is 16.0 Å². The number of carbonyl (C=O) groups is 1. The number of amides is 1. The van der Waals surface area contributed by atoms with Crippen molar-refractivity contribution in [2.24, 2.45) is 5.41 Å². The molecule has 1 aliphatic heterocycles. The van der Waals surface area contributed by atoms with Gasteiger partial charge in [-0.1, -0.05) is 20.8 Å². The van der Waals surface area contributed by atoms with Crippen LogP contribution in [0.2, 0.25) is 0 Å². The van der Waals surface area contributed by atoms with E-state index in [0.717, 1.165) is 31.2 Å². The van der Waals surface area contributed by atoms with E-state index in [1.807, 2.05) is 13.1 Å². The van der Waals surface area contributed by atoms with Crippen molar-refractivity contribution >= 4 is 5.91 Å². The van der Waals surface area contributed by atoms with Crippen molar-refractivity contribution in [3.05, 3.63) is 23.4 Å². The quantitative estimate of drug-likeness (QED) is 0.555. The highest BCUT2D eigenvalue weighted by molar-refractivity contribution is 5.73. The Kier molecular flexibility index (Phi) is 7.60. The van der Waals surface area contributed by atoms with Gasteiger partial charge in [0.25, 0.3) is 0 Å². The number of hydrogen-bond donors (Lipinski definition) is 3. The van der Waals surface area contributed by atoms with Gasteiger partial charge in [-0.25, -0.2) is 4.98 Å². The van der Waals surface area contributed by atoms with Gasteiger partial charge in [-0.3, -0.25) is 4.79 Å². The summed E-state index contributed by atoms with van der Waals surface area (Å²) in [6, 6.07) is 1.80. The second kappa shape index (κ2) is 9.84. The molecule has 1 spiro atoms. The zero-order valence-corrected chi connectivity index (χ0v) is 19.7. The maximum Gasteiger partial charge on any atom is 0.218 e. The summed E-state index contributed by atoms with van der Waals surface area (Å²) in [5, 5.41) is 17.1. The first kappa shape index (κ1) is 24.0. The van der Waals surface area contributed by atoms with E-state index in [9.17, 15) is 9.90 Å². The van der Waals surface area contributed by atoms with Crippen molar-refractivity contribution < 1.29 is 19.4 Å². The minimum Gasteiger partial charge on any atom is -0.471 e. The first-order valence-electron chi connectivity index (χ1n) is 11.5. The van der Waals surface area contributed by atoms with Crippen LogP contribution in [0.3, 0.4) is 0 Å². The van der Waals surface area contributed by atoms with Gasteiger partial charge in [-0.2, -0.15) is 0 Å². The van der Waals surface area contributed by atoms with Crippen LogP contribution >= 0.6 is 0 Å². The van der Waals surface area contributed by atoms with E-state index in [1.165, 1.54) is 18.9 Å². The van der Waals surface area contributed by atoms with Crippen LogP contribution in [0, 0.1) is 5.41 Å². The number of nitrogens with zero attached hydrogens (tertiary/aromatic N) is 1. The molecule has 2 aliphatic rings. The summed E-state index contributed by atoms with van der Waals surface area (Å²) in [4.78, 5) is 16.2. The number of fused-ring (bicyclic) bond motifs is 1. The average molecular weight is 434 g/mol. The summed E-state index contributed by atoms with van der Waals surface area (Å²) >= 11 is 0. The molecule has 3 N–H and O–H groups in total. The molecule has 174 valence electrons. The van der Waals surface area contributed by atoms with E-state index < -0.39 is 12.1 Å². The Labute approximate surface area is 186 Å². The molecule has 1 fully saturated rings. The van der Waals surface area contributed by atoms with Crippen molar-refractivity contribution in [1.82, 2.24) is 15.6 Å². The Balaban J connectivity index is 1.74. The van der Waals surface area contributed by atoms with Crippen LogP contribution in [-0.4, -0.2) is 53.5 Å². The summed E-state index contributed by atoms with van der Waals surface area (Å²) in [6.07, 6.45) is 6.23. The van der Waals surface area contributed by atoms with E-state index in [4.69, 9.17) is 9.47 Å². The lowest BCUT2D eigenvalue weighted by Gasteiger charge is -2.47. The van der Waals surface area contributed by atoms with Crippen LogP contribution in [0.25, 0.3) is 0 Å². The van der Waals surface area contributed by atoms with Crippen LogP contribution in [0.1, 0.15) is 77.5 Å². The third-order valence-corrected chi connectivity index (χ3v) is 6.13. The van der Waals surface area contributed by atoms with E-state index in [0.29, 0.717) is 19.0 Å². The molecule has 0 aromatic carbocycles. The standard InChI is InChI=1S/C24H39N3O4/c1-6-30-15-20(27-16(2)28)21(29)14-25-19-12-24(8-7-9-24)31-22-18(19)10-17(13-26-22)11-23(3,4)5/h10,13,19-21,25,29H,6-9,11-12,14-15H2,1-5H3,(H,27,28)/t19-,20-,21+/m0/s1.